The first-order chi connectivity index (χ1) is 6.06. The van der Waals surface area contributed by atoms with E-state index in [1.165, 1.54) is 0 Å². The zero-order valence-corrected chi connectivity index (χ0v) is 7.88. The molecule has 0 spiro atoms. The summed E-state index contributed by atoms with van der Waals surface area (Å²) in [6, 6.07) is 0. The van der Waals surface area contributed by atoms with E-state index >= 15 is 0 Å². The number of aryl methyl sites for hydroxylation is 3. The molecule has 0 aliphatic carbocycles. The van der Waals surface area contributed by atoms with Crippen molar-refractivity contribution in [1.29, 1.82) is 0 Å². The van der Waals surface area contributed by atoms with Crippen LogP contribution in [0.5, 0.6) is 0 Å². The molecular formula is C8H12N4O. The van der Waals surface area contributed by atoms with Crippen LogP contribution < -0.4 is 11.3 Å². The van der Waals surface area contributed by atoms with Crippen molar-refractivity contribution in [3.05, 3.63) is 22.8 Å². The number of rotatable bonds is 1. The topological polar surface area (TPSA) is 80.9 Å². The summed E-state index contributed by atoms with van der Waals surface area (Å²) < 4.78 is 0. The number of nitrogens with one attached hydrogen (secondary N) is 1. The van der Waals surface area contributed by atoms with Crippen LogP contribution in [0.3, 0.4) is 0 Å². The first kappa shape index (κ1) is 9.60. The van der Waals surface area contributed by atoms with Crippen molar-refractivity contribution in [2.45, 2.75) is 20.8 Å². The maximum Gasteiger partial charge on any atom is 0.285 e. The van der Waals surface area contributed by atoms with Crippen molar-refractivity contribution < 1.29 is 4.79 Å². The lowest BCUT2D eigenvalue weighted by Crippen LogP contribution is -2.31. The summed E-state index contributed by atoms with van der Waals surface area (Å²) in [6.45, 7) is 5.37. The Kier molecular flexibility index (Phi) is 2.57. The molecule has 1 amide bonds. The van der Waals surface area contributed by atoms with Crippen LogP contribution in [0.1, 0.15) is 27.6 Å². The van der Waals surface area contributed by atoms with E-state index in [9.17, 15) is 4.79 Å². The fraction of sp³-hybridized carbons (Fsp3) is 0.375. The van der Waals surface area contributed by atoms with Crippen LogP contribution in [-0.2, 0) is 0 Å². The van der Waals surface area contributed by atoms with Gasteiger partial charge in [0, 0.05) is 0 Å². The maximum absolute atomic E-state index is 11.2. The number of carbonyl (C=O) groups is 1. The number of aromatic nitrogens is 2. The first-order valence-electron chi connectivity index (χ1n) is 3.89. The molecule has 1 rings (SSSR count). The number of nitrogen functional groups attached to an aromatic ring is 1. The molecule has 0 aliphatic heterocycles. The van der Waals surface area contributed by atoms with Gasteiger partial charge in [0.15, 0.2) is 5.69 Å². The molecule has 0 saturated carbocycles. The molecule has 5 heteroatoms. The minimum absolute atomic E-state index is 0.283. The van der Waals surface area contributed by atoms with Crippen LogP contribution in [0, 0.1) is 20.8 Å². The molecule has 0 unspecified atom stereocenters. The largest absolute Gasteiger partial charge is 0.289 e. The molecule has 0 fully saturated rings. The third-order valence-electron chi connectivity index (χ3n) is 1.83. The van der Waals surface area contributed by atoms with Gasteiger partial charge in [-0.25, -0.2) is 10.8 Å². The first-order valence-corrected chi connectivity index (χ1v) is 3.89. The van der Waals surface area contributed by atoms with Gasteiger partial charge in [0.05, 0.1) is 17.1 Å². The number of carbonyl (C=O) groups excluding carboxylic acids is 1. The van der Waals surface area contributed by atoms with Gasteiger partial charge in [-0.05, 0) is 20.8 Å². The van der Waals surface area contributed by atoms with Crippen molar-refractivity contribution in [3.63, 3.8) is 0 Å². The van der Waals surface area contributed by atoms with Crippen LogP contribution in [0.25, 0.3) is 0 Å². The van der Waals surface area contributed by atoms with Gasteiger partial charge in [0.2, 0.25) is 0 Å². The lowest BCUT2D eigenvalue weighted by molar-refractivity contribution is 0.0947. The Balaban J connectivity index is 3.23. The zero-order chi connectivity index (χ0) is 10.0. The average Bonchev–Trinajstić information content (AvgIpc) is 2.10. The van der Waals surface area contributed by atoms with Crippen molar-refractivity contribution in [1.82, 2.24) is 15.4 Å². The fourth-order valence-corrected chi connectivity index (χ4v) is 0.998. The van der Waals surface area contributed by atoms with Crippen LogP contribution in [0.15, 0.2) is 0 Å². The monoisotopic (exact) mass is 180 g/mol. The predicted octanol–water partition coefficient (Wildman–Crippen LogP) is 0.00536. The Morgan fingerprint density at radius 2 is 1.69 bits per heavy atom. The van der Waals surface area contributed by atoms with Crippen LogP contribution in [0.4, 0.5) is 0 Å². The molecular weight excluding hydrogens is 168 g/mol. The summed E-state index contributed by atoms with van der Waals surface area (Å²) in [7, 11) is 0. The second-order valence-corrected chi connectivity index (χ2v) is 2.80. The van der Waals surface area contributed by atoms with Gasteiger partial charge in [-0.1, -0.05) is 0 Å². The maximum atomic E-state index is 11.2. The summed E-state index contributed by atoms with van der Waals surface area (Å²) in [5, 5.41) is 0. The molecule has 0 atom stereocenters. The van der Waals surface area contributed by atoms with Gasteiger partial charge in [0.1, 0.15) is 0 Å². The lowest BCUT2D eigenvalue weighted by Gasteiger charge is -2.05. The molecule has 0 saturated heterocycles. The number of hydrogen-bond acceptors (Lipinski definition) is 4. The number of amides is 1. The summed E-state index contributed by atoms with van der Waals surface area (Å²) >= 11 is 0. The molecule has 0 aliphatic rings. The Morgan fingerprint density at radius 3 is 2.23 bits per heavy atom. The molecule has 0 aromatic carbocycles. The Hall–Kier alpha value is -1.49. The molecule has 1 aromatic heterocycles. The predicted molar refractivity (Wildman–Crippen MR) is 47.9 cm³/mol. The molecule has 1 heterocycles. The van der Waals surface area contributed by atoms with Crippen molar-refractivity contribution in [3.8, 4) is 0 Å². The third-order valence-corrected chi connectivity index (χ3v) is 1.83. The fourth-order valence-electron chi connectivity index (χ4n) is 0.998. The summed E-state index contributed by atoms with van der Waals surface area (Å²) in [5.41, 5.74) is 4.46. The second-order valence-electron chi connectivity index (χ2n) is 2.80. The van der Waals surface area contributed by atoms with E-state index in [1.54, 1.807) is 13.8 Å². The minimum atomic E-state index is -0.409. The molecule has 13 heavy (non-hydrogen) atoms. The van der Waals surface area contributed by atoms with E-state index in [-0.39, 0.29) is 5.69 Å². The second kappa shape index (κ2) is 3.49. The van der Waals surface area contributed by atoms with Gasteiger partial charge >= 0.3 is 0 Å². The molecule has 5 nitrogen and oxygen atoms in total. The van der Waals surface area contributed by atoms with Crippen molar-refractivity contribution >= 4 is 5.91 Å². The summed E-state index contributed by atoms with van der Waals surface area (Å²) in [5.74, 6) is 4.58. The van der Waals surface area contributed by atoms with Gasteiger partial charge in [-0.2, -0.15) is 0 Å². The Labute approximate surface area is 76.4 Å². The lowest BCUT2D eigenvalue weighted by atomic mass is 10.2. The summed E-state index contributed by atoms with van der Waals surface area (Å²) in [6.07, 6.45) is 0. The van der Waals surface area contributed by atoms with E-state index in [0.29, 0.717) is 5.69 Å². The smallest absolute Gasteiger partial charge is 0.285 e. The molecule has 0 bridgehead atoms. The standard InChI is InChI=1S/C8H12N4O/c1-4-5(2)11-7(6(3)10-4)8(13)12-9/h9H2,1-3H3,(H,12,13). The van der Waals surface area contributed by atoms with Crippen LogP contribution in [-0.4, -0.2) is 15.9 Å². The molecule has 0 radical (unpaired) electrons. The average molecular weight is 180 g/mol. The molecule has 3 N–H and O–H groups in total. The third kappa shape index (κ3) is 1.81. The van der Waals surface area contributed by atoms with E-state index in [2.05, 4.69) is 9.97 Å². The van der Waals surface area contributed by atoms with Gasteiger partial charge in [-0.3, -0.25) is 15.2 Å². The van der Waals surface area contributed by atoms with Crippen LogP contribution in [0.2, 0.25) is 0 Å². The highest BCUT2D eigenvalue weighted by Crippen LogP contribution is 2.06. The number of hydrazine groups is 1. The van der Waals surface area contributed by atoms with Crippen LogP contribution >= 0.6 is 0 Å². The quantitative estimate of drug-likeness (QED) is 0.362. The molecule has 1 aromatic rings. The zero-order valence-electron chi connectivity index (χ0n) is 7.88. The van der Waals surface area contributed by atoms with Gasteiger partial charge < -0.3 is 0 Å². The summed E-state index contributed by atoms with van der Waals surface area (Å²) in [4.78, 5) is 19.4. The number of hydrogen-bond donors (Lipinski definition) is 2. The highest BCUT2D eigenvalue weighted by atomic mass is 16.2. The number of nitrogens with zero attached hydrogens (tertiary/aromatic N) is 2. The highest BCUT2D eigenvalue weighted by molar-refractivity contribution is 5.92. The van der Waals surface area contributed by atoms with Gasteiger partial charge in [-0.15, -0.1) is 0 Å². The van der Waals surface area contributed by atoms with E-state index in [0.717, 1.165) is 11.4 Å². The highest BCUT2D eigenvalue weighted by Gasteiger charge is 2.11. The van der Waals surface area contributed by atoms with E-state index in [1.807, 2.05) is 12.3 Å². The minimum Gasteiger partial charge on any atom is -0.289 e. The molecule has 70 valence electrons. The van der Waals surface area contributed by atoms with Crippen molar-refractivity contribution in [2.75, 3.05) is 0 Å². The number of nitrogens with two attached hydrogens (primary N) is 1. The van der Waals surface area contributed by atoms with E-state index < -0.39 is 5.91 Å². The normalized spacial score (nSPS) is 9.85. The SMILES string of the molecule is Cc1nc(C)c(C(=O)NN)nc1C. The van der Waals surface area contributed by atoms with Crippen molar-refractivity contribution in [2.24, 2.45) is 5.84 Å². The van der Waals surface area contributed by atoms with Gasteiger partial charge in [0.25, 0.3) is 5.91 Å². The Bertz CT molecular complexity index is 348. The van der Waals surface area contributed by atoms with E-state index in [4.69, 9.17) is 5.84 Å². The Morgan fingerprint density at radius 1 is 1.15 bits per heavy atom.